The number of carbonyl (C=O) groups is 1. The maximum Gasteiger partial charge on any atom is 0.331 e. The van der Waals surface area contributed by atoms with Gasteiger partial charge in [0.2, 0.25) is 5.91 Å². The van der Waals surface area contributed by atoms with Gasteiger partial charge in [0.05, 0.1) is 5.52 Å². The summed E-state index contributed by atoms with van der Waals surface area (Å²) in [5.41, 5.74) is 3.49. The van der Waals surface area contributed by atoms with Crippen LogP contribution in [0.25, 0.3) is 11.2 Å². The number of amides is 1. The number of hydrogen-bond acceptors (Lipinski definition) is 3. The van der Waals surface area contributed by atoms with E-state index in [0.29, 0.717) is 12.2 Å². The average Bonchev–Trinajstić information content (AvgIpc) is 3.00. The van der Waals surface area contributed by atoms with Gasteiger partial charge in [0.25, 0.3) is 0 Å². The number of nitrogens with zero attached hydrogens (tertiary/aromatic N) is 3. The number of pyridine rings is 1. The quantitative estimate of drug-likeness (QED) is 0.740. The molecule has 1 aromatic carbocycles. The molecule has 2 heterocycles. The van der Waals surface area contributed by atoms with Crippen molar-refractivity contribution in [2.75, 3.05) is 0 Å². The summed E-state index contributed by atoms with van der Waals surface area (Å²) < 4.78 is 3.37. The lowest BCUT2D eigenvalue weighted by Gasteiger charge is -2.22. The normalized spacial score (nSPS) is 15.0. The van der Waals surface area contributed by atoms with Crippen LogP contribution in [0.2, 0.25) is 0 Å². The molecular weight excluding hydrogens is 352 g/mol. The molecule has 6 nitrogen and oxygen atoms in total. The van der Waals surface area contributed by atoms with E-state index in [9.17, 15) is 9.59 Å². The molecule has 1 amide bonds. The summed E-state index contributed by atoms with van der Waals surface area (Å²) in [5.74, 6) is -0.170. The summed E-state index contributed by atoms with van der Waals surface area (Å²) in [5, 5.41) is 2.94. The van der Waals surface area contributed by atoms with E-state index in [1.165, 1.54) is 6.42 Å². The van der Waals surface area contributed by atoms with Gasteiger partial charge < -0.3 is 5.32 Å². The minimum atomic E-state index is -0.170. The number of imidazole rings is 1. The Morgan fingerprint density at radius 3 is 2.71 bits per heavy atom. The molecule has 0 radical (unpaired) electrons. The fourth-order valence-corrected chi connectivity index (χ4v) is 4.13. The molecule has 3 aromatic rings. The lowest BCUT2D eigenvalue weighted by Crippen LogP contribution is -2.34. The van der Waals surface area contributed by atoms with Crippen molar-refractivity contribution in [2.24, 2.45) is 0 Å². The number of aromatic nitrogens is 3. The molecule has 28 heavy (non-hydrogen) atoms. The van der Waals surface area contributed by atoms with E-state index in [1.54, 1.807) is 10.8 Å². The first kappa shape index (κ1) is 18.5. The Labute approximate surface area is 164 Å². The number of aryl methyl sites for hydroxylation is 1. The van der Waals surface area contributed by atoms with Gasteiger partial charge in [0.15, 0.2) is 5.65 Å². The molecule has 1 N–H and O–H groups in total. The van der Waals surface area contributed by atoms with E-state index >= 15 is 0 Å². The van der Waals surface area contributed by atoms with Crippen LogP contribution in [0.4, 0.5) is 0 Å². The van der Waals surface area contributed by atoms with E-state index in [0.717, 1.165) is 42.3 Å². The molecule has 1 aliphatic carbocycles. The maximum absolute atomic E-state index is 13.2. The fraction of sp³-hybridized carbons (Fsp3) is 0.409. The van der Waals surface area contributed by atoms with Crippen LogP contribution in [0.3, 0.4) is 0 Å². The van der Waals surface area contributed by atoms with E-state index in [4.69, 9.17) is 0 Å². The van der Waals surface area contributed by atoms with Crippen molar-refractivity contribution in [3.63, 3.8) is 0 Å². The van der Waals surface area contributed by atoms with Crippen molar-refractivity contribution in [1.29, 1.82) is 0 Å². The van der Waals surface area contributed by atoms with Gasteiger partial charge in [-0.2, -0.15) is 0 Å². The van der Waals surface area contributed by atoms with Gasteiger partial charge in [-0.1, -0.05) is 43.5 Å². The van der Waals surface area contributed by atoms with Crippen molar-refractivity contribution in [3.8, 4) is 0 Å². The van der Waals surface area contributed by atoms with Crippen LogP contribution in [0, 0.1) is 6.92 Å². The lowest BCUT2D eigenvalue weighted by atomic mass is 9.95. The average molecular weight is 378 g/mol. The molecule has 4 rings (SSSR count). The molecule has 0 atom stereocenters. The summed E-state index contributed by atoms with van der Waals surface area (Å²) in [6, 6.07) is 11.8. The van der Waals surface area contributed by atoms with Gasteiger partial charge in [-0.3, -0.25) is 13.9 Å². The molecule has 0 unspecified atom stereocenters. The minimum Gasteiger partial charge on any atom is -0.350 e. The van der Waals surface area contributed by atoms with Gasteiger partial charge in [0.1, 0.15) is 6.54 Å². The van der Waals surface area contributed by atoms with Crippen LogP contribution in [0.1, 0.15) is 49.3 Å². The summed E-state index contributed by atoms with van der Waals surface area (Å²) in [6.45, 7) is 2.49. The Morgan fingerprint density at radius 2 is 1.93 bits per heavy atom. The minimum absolute atomic E-state index is 0.00658. The first-order chi connectivity index (χ1) is 13.6. The Kier molecular flexibility index (Phi) is 5.28. The molecular formula is C22H26N4O2. The van der Waals surface area contributed by atoms with Crippen molar-refractivity contribution in [3.05, 3.63) is 64.2 Å². The van der Waals surface area contributed by atoms with Crippen molar-refractivity contribution in [1.82, 2.24) is 19.4 Å². The predicted molar refractivity (Wildman–Crippen MR) is 109 cm³/mol. The van der Waals surface area contributed by atoms with Crippen molar-refractivity contribution in [2.45, 2.75) is 58.2 Å². The summed E-state index contributed by atoms with van der Waals surface area (Å²) in [4.78, 5) is 30.2. The zero-order valence-electron chi connectivity index (χ0n) is 16.2. The summed E-state index contributed by atoms with van der Waals surface area (Å²) >= 11 is 0. The fourth-order valence-electron chi connectivity index (χ4n) is 4.13. The molecule has 1 aliphatic rings. The van der Waals surface area contributed by atoms with E-state index in [1.807, 2.05) is 47.9 Å². The highest BCUT2D eigenvalue weighted by Gasteiger charge is 2.23. The molecule has 6 heteroatoms. The van der Waals surface area contributed by atoms with Crippen LogP contribution in [-0.4, -0.2) is 20.0 Å². The maximum atomic E-state index is 13.2. The Balaban J connectivity index is 1.58. The molecule has 0 spiro atoms. The summed E-state index contributed by atoms with van der Waals surface area (Å²) in [7, 11) is 0. The first-order valence-electron chi connectivity index (χ1n) is 10.0. The van der Waals surface area contributed by atoms with Crippen LogP contribution in [0.5, 0.6) is 0 Å². The third kappa shape index (κ3) is 3.59. The third-order valence-electron chi connectivity index (χ3n) is 5.70. The number of fused-ring (bicyclic) bond motifs is 1. The van der Waals surface area contributed by atoms with Gasteiger partial charge in [-0.05, 0) is 43.0 Å². The van der Waals surface area contributed by atoms with Gasteiger partial charge in [0, 0.05) is 18.8 Å². The number of benzene rings is 1. The van der Waals surface area contributed by atoms with E-state index < -0.39 is 0 Å². The molecule has 1 fully saturated rings. The van der Waals surface area contributed by atoms with Crippen LogP contribution < -0.4 is 11.0 Å². The number of rotatable bonds is 5. The zero-order chi connectivity index (χ0) is 19.5. The van der Waals surface area contributed by atoms with Crippen LogP contribution in [-0.2, 0) is 17.9 Å². The Bertz CT molecular complexity index is 1040. The monoisotopic (exact) mass is 378 g/mol. The van der Waals surface area contributed by atoms with Gasteiger partial charge in [-0.25, -0.2) is 9.78 Å². The molecule has 0 saturated heterocycles. The molecule has 1 saturated carbocycles. The number of hydrogen-bond donors (Lipinski definition) is 1. The Morgan fingerprint density at radius 1 is 1.14 bits per heavy atom. The lowest BCUT2D eigenvalue weighted by molar-refractivity contribution is -0.121. The van der Waals surface area contributed by atoms with Crippen molar-refractivity contribution < 1.29 is 4.79 Å². The third-order valence-corrected chi connectivity index (χ3v) is 5.70. The molecule has 0 aliphatic heterocycles. The second kappa shape index (κ2) is 8.00. The van der Waals surface area contributed by atoms with Crippen molar-refractivity contribution >= 4 is 17.1 Å². The Hall–Kier alpha value is -2.89. The van der Waals surface area contributed by atoms with E-state index in [-0.39, 0.29) is 24.2 Å². The van der Waals surface area contributed by atoms with Gasteiger partial charge in [-0.15, -0.1) is 0 Å². The van der Waals surface area contributed by atoms with E-state index in [2.05, 4.69) is 10.3 Å². The molecule has 2 aromatic heterocycles. The number of nitrogens with one attached hydrogen (secondary N) is 1. The molecule has 146 valence electrons. The highest BCUT2D eigenvalue weighted by Crippen LogP contribution is 2.29. The number of carbonyl (C=O) groups excluding carboxylic acids is 1. The predicted octanol–water partition coefficient (Wildman–Crippen LogP) is 3.33. The largest absolute Gasteiger partial charge is 0.350 e. The van der Waals surface area contributed by atoms with Gasteiger partial charge >= 0.3 is 5.69 Å². The highest BCUT2D eigenvalue weighted by atomic mass is 16.2. The summed E-state index contributed by atoms with van der Waals surface area (Å²) in [6.07, 6.45) is 7.19. The molecule has 0 bridgehead atoms. The SMILES string of the molecule is Cc1ccccc1CNC(=O)Cn1c(=O)n(C2CCCCC2)c2ncccc21. The second-order valence-electron chi connectivity index (χ2n) is 7.58. The highest BCUT2D eigenvalue weighted by molar-refractivity contribution is 5.79. The smallest absolute Gasteiger partial charge is 0.331 e. The topological polar surface area (TPSA) is 68.9 Å². The second-order valence-corrected chi connectivity index (χ2v) is 7.58. The first-order valence-corrected chi connectivity index (χ1v) is 10.0. The van der Waals surface area contributed by atoms with Crippen LogP contribution in [0.15, 0.2) is 47.4 Å². The zero-order valence-corrected chi connectivity index (χ0v) is 16.2. The van der Waals surface area contributed by atoms with Crippen LogP contribution >= 0.6 is 0 Å². The standard InChI is InChI=1S/C22H26N4O2/c1-16-8-5-6-9-17(16)14-24-20(27)15-25-19-12-7-13-23-21(19)26(22(25)28)18-10-3-2-4-11-18/h5-9,12-13,18H,2-4,10-11,14-15H2,1H3,(H,24,27).